The van der Waals surface area contributed by atoms with E-state index in [0.717, 1.165) is 6.26 Å². The summed E-state index contributed by atoms with van der Waals surface area (Å²) in [7, 11) is -3.30. The molecule has 0 aromatic heterocycles. The van der Waals surface area contributed by atoms with Crippen molar-refractivity contribution in [2.45, 2.75) is 36.0 Å². The van der Waals surface area contributed by atoms with Gasteiger partial charge in [0, 0.05) is 29.9 Å². The molecule has 150 valence electrons. The van der Waals surface area contributed by atoms with E-state index in [-0.39, 0.29) is 16.8 Å². The van der Waals surface area contributed by atoms with Crippen molar-refractivity contribution in [1.82, 2.24) is 4.90 Å². The monoisotopic (exact) mass is 425 g/mol. The summed E-state index contributed by atoms with van der Waals surface area (Å²) >= 11 is 6.08. The maximum absolute atomic E-state index is 14.5. The van der Waals surface area contributed by atoms with Crippen molar-refractivity contribution in [2.24, 2.45) is 0 Å². The quantitative estimate of drug-likeness (QED) is 0.815. The number of aliphatic hydroxyl groups is 1. The van der Waals surface area contributed by atoms with E-state index in [1.54, 1.807) is 18.2 Å². The number of hydrogen-bond acceptors (Lipinski definition) is 5. The van der Waals surface area contributed by atoms with E-state index in [4.69, 9.17) is 16.3 Å². The summed E-state index contributed by atoms with van der Waals surface area (Å²) in [5, 5.41) is 10.2. The molecule has 1 fully saturated rings. The van der Waals surface area contributed by atoms with Crippen LogP contribution >= 0.6 is 11.6 Å². The van der Waals surface area contributed by atoms with Gasteiger partial charge in [0.1, 0.15) is 17.7 Å². The van der Waals surface area contributed by atoms with Crippen LogP contribution in [0.15, 0.2) is 41.3 Å². The van der Waals surface area contributed by atoms with Gasteiger partial charge in [0.15, 0.2) is 9.84 Å². The number of sulfone groups is 1. The molecule has 2 aromatic rings. The molecular weight excluding hydrogens is 405 g/mol. The maximum atomic E-state index is 14.5. The number of rotatable bonds is 4. The minimum absolute atomic E-state index is 0.130. The zero-order valence-electron chi connectivity index (χ0n) is 15.3. The first-order valence-corrected chi connectivity index (χ1v) is 11.4. The van der Waals surface area contributed by atoms with Crippen molar-refractivity contribution >= 4 is 21.4 Å². The molecule has 0 spiro atoms. The van der Waals surface area contributed by atoms with Crippen molar-refractivity contribution in [3.63, 3.8) is 0 Å². The minimum Gasteiger partial charge on any atom is -0.484 e. The molecule has 5 nitrogen and oxygen atoms in total. The average molecular weight is 426 g/mol. The highest BCUT2D eigenvalue weighted by atomic mass is 35.5. The number of fused-ring (bicyclic) bond motifs is 1. The van der Waals surface area contributed by atoms with E-state index in [2.05, 4.69) is 4.90 Å². The van der Waals surface area contributed by atoms with Gasteiger partial charge in [-0.1, -0.05) is 11.6 Å². The van der Waals surface area contributed by atoms with E-state index in [1.165, 1.54) is 18.2 Å². The third-order valence-electron chi connectivity index (χ3n) is 5.44. The van der Waals surface area contributed by atoms with Gasteiger partial charge in [-0.15, -0.1) is 0 Å². The number of β-amino-alcohol motifs (C(OH)–C–C–N with tert-alkyl or cyclic N) is 1. The van der Waals surface area contributed by atoms with Gasteiger partial charge in [-0.3, -0.25) is 4.90 Å². The largest absolute Gasteiger partial charge is 0.484 e. The number of benzene rings is 2. The fraction of sp³-hybridized carbons (Fsp3) is 0.400. The second-order valence-corrected chi connectivity index (χ2v) is 9.90. The number of likely N-dealkylation sites (tertiary alicyclic amines) is 1. The number of nitrogens with zero attached hydrogens (tertiary/aromatic N) is 1. The lowest BCUT2D eigenvalue weighted by atomic mass is 10.1. The molecule has 3 atom stereocenters. The van der Waals surface area contributed by atoms with Crippen molar-refractivity contribution in [2.75, 3.05) is 19.3 Å². The highest BCUT2D eigenvalue weighted by Crippen LogP contribution is 2.41. The van der Waals surface area contributed by atoms with Crippen LogP contribution in [-0.2, 0) is 16.3 Å². The number of aliphatic hydroxyl groups excluding tert-OH is 1. The first-order valence-electron chi connectivity index (χ1n) is 9.09. The van der Waals surface area contributed by atoms with Crippen LogP contribution in [0.1, 0.15) is 23.7 Å². The van der Waals surface area contributed by atoms with Crippen molar-refractivity contribution < 1.29 is 22.7 Å². The van der Waals surface area contributed by atoms with Gasteiger partial charge in [0.2, 0.25) is 0 Å². The van der Waals surface area contributed by atoms with Crippen LogP contribution in [0.5, 0.6) is 5.75 Å². The first-order chi connectivity index (χ1) is 13.2. The second-order valence-electron chi connectivity index (χ2n) is 7.45. The zero-order valence-corrected chi connectivity index (χ0v) is 16.9. The SMILES string of the molecule is CS(=O)(=O)c1ccc(O[C@H]2c3cc(Cl)cc(F)c3C[C@@H]2N2CC[C@@H](O)C2)cc1. The average Bonchev–Trinajstić information content (AvgIpc) is 3.19. The lowest BCUT2D eigenvalue weighted by Crippen LogP contribution is -2.39. The Morgan fingerprint density at radius 2 is 1.96 bits per heavy atom. The van der Waals surface area contributed by atoms with Crippen LogP contribution in [0.2, 0.25) is 5.02 Å². The molecule has 1 heterocycles. The number of hydrogen-bond donors (Lipinski definition) is 1. The van der Waals surface area contributed by atoms with Gasteiger partial charge < -0.3 is 9.84 Å². The molecule has 0 saturated carbocycles. The maximum Gasteiger partial charge on any atom is 0.175 e. The highest BCUT2D eigenvalue weighted by Gasteiger charge is 2.42. The molecule has 1 aliphatic heterocycles. The summed E-state index contributed by atoms with van der Waals surface area (Å²) in [5.74, 6) is 0.140. The van der Waals surface area contributed by atoms with Gasteiger partial charge in [-0.05, 0) is 54.8 Å². The first kappa shape index (κ1) is 19.6. The van der Waals surface area contributed by atoms with Crippen LogP contribution < -0.4 is 4.74 Å². The minimum atomic E-state index is -3.30. The van der Waals surface area contributed by atoms with E-state index in [0.29, 0.717) is 47.8 Å². The summed E-state index contributed by atoms with van der Waals surface area (Å²) < 4.78 is 44.0. The Morgan fingerprint density at radius 1 is 1.25 bits per heavy atom. The van der Waals surface area contributed by atoms with Crippen LogP contribution in [0.3, 0.4) is 0 Å². The molecule has 8 heteroatoms. The normalized spacial score (nSPS) is 25.1. The van der Waals surface area contributed by atoms with Gasteiger partial charge in [0.05, 0.1) is 17.0 Å². The zero-order chi connectivity index (χ0) is 20.1. The molecule has 0 radical (unpaired) electrons. The smallest absolute Gasteiger partial charge is 0.175 e. The fourth-order valence-electron chi connectivity index (χ4n) is 4.06. The van der Waals surface area contributed by atoms with Crippen molar-refractivity contribution in [3.8, 4) is 5.75 Å². The van der Waals surface area contributed by atoms with Crippen LogP contribution in [-0.4, -0.2) is 49.9 Å². The second kappa shape index (κ2) is 7.30. The Morgan fingerprint density at radius 3 is 2.57 bits per heavy atom. The molecule has 2 aliphatic rings. The molecular formula is C20H21ClFNO4S. The molecule has 4 rings (SSSR count). The van der Waals surface area contributed by atoms with Gasteiger partial charge >= 0.3 is 0 Å². The summed E-state index contributed by atoms with van der Waals surface area (Å²) in [6, 6.07) is 9.09. The Bertz CT molecular complexity index is 996. The summed E-state index contributed by atoms with van der Waals surface area (Å²) in [6.45, 7) is 1.23. The Kier molecular flexibility index (Phi) is 5.12. The predicted octanol–water partition coefficient (Wildman–Crippen LogP) is 2.99. The van der Waals surface area contributed by atoms with Crippen LogP contribution in [0.25, 0.3) is 0 Å². The van der Waals surface area contributed by atoms with Gasteiger partial charge in [0.25, 0.3) is 0 Å². The topological polar surface area (TPSA) is 66.8 Å². The highest BCUT2D eigenvalue weighted by molar-refractivity contribution is 7.90. The summed E-state index contributed by atoms with van der Waals surface area (Å²) in [5.41, 5.74) is 1.28. The van der Waals surface area contributed by atoms with Crippen LogP contribution in [0, 0.1) is 5.82 Å². The van der Waals surface area contributed by atoms with E-state index in [1.807, 2.05) is 0 Å². The predicted molar refractivity (Wildman–Crippen MR) is 104 cm³/mol. The lowest BCUT2D eigenvalue weighted by Gasteiger charge is -2.30. The molecule has 1 aliphatic carbocycles. The molecule has 1 N–H and O–H groups in total. The molecule has 0 amide bonds. The van der Waals surface area contributed by atoms with Crippen LogP contribution in [0.4, 0.5) is 4.39 Å². The molecule has 28 heavy (non-hydrogen) atoms. The molecule has 2 aromatic carbocycles. The molecule has 0 bridgehead atoms. The standard InChI is InChI=1S/C20H21ClFNO4S/c1-28(25,26)15-4-2-14(3-5-15)27-20-17-8-12(21)9-18(22)16(17)10-19(20)23-7-6-13(24)11-23/h2-5,8-9,13,19-20,24H,6-7,10-11H2,1H3/t13-,19+,20+/m1/s1. The van der Waals surface area contributed by atoms with Crippen molar-refractivity contribution in [3.05, 3.63) is 58.4 Å². The van der Waals surface area contributed by atoms with Gasteiger partial charge in [-0.2, -0.15) is 0 Å². The van der Waals surface area contributed by atoms with Gasteiger partial charge in [-0.25, -0.2) is 12.8 Å². The third kappa shape index (κ3) is 3.76. The molecule has 0 unspecified atom stereocenters. The lowest BCUT2D eigenvalue weighted by molar-refractivity contribution is 0.0818. The van der Waals surface area contributed by atoms with E-state index >= 15 is 0 Å². The Hall–Kier alpha value is -1.67. The molecule has 1 saturated heterocycles. The van der Waals surface area contributed by atoms with E-state index in [9.17, 15) is 17.9 Å². The Labute approximate surface area is 168 Å². The fourth-order valence-corrected chi connectivity index (χ4v) is 4.90. The Balaban J connectivity index is 1.67. The number of ether oxygens (including phenoxy) is 1. The summed E-state index contributed by atoms with van der Waals surface area (Å²) in [4.78, 5) is 2.33. The summed E-state index contributed by atoms with van der Waals surface area (Å²) in [6.07, 6.45) is 1.43. The van der Waals surface area contributed by atoms with Crippen molar-refractivity contribution in [1.29, 1.82) is 0 Å². The van der Waals surface area contributed by atoms with E-state index < -0.39 is 22.0 Å². The third-order valence-corrected chi connectivity index (χ3v) is 6.79. The number of halogens is 2.